The number of fused-ring (bicyclic) bond motifs is 1. The SMILES string of the molecule is CC1=C2CCC(C(=O)O)=C[C@@H]2[C@H](C(C)C)CC1. The van der Waals surface area contributed by atoms with Crippen molar-refractivity contribution in [3.05, 3.63) is 22.8 Å². The van der Waals surface area contributed by atoms with Gasteiger partial charge in [0.1, 0.15) is 0 Å². The van der Waals surface area contributed by atoms with E-state index < -0.39 is 5.97 Å². The topological polar surface area (TPSA) is 37.3 Å². The maximum atomic E-state index is 11.1. The first-order chi connectivity index (χ1) is 8.00. The average molecular weight is 234 g/mol. The zero-order chi connectivity index (χ0) is 12.6. The Labute approximate surface area is 103 Å². The van der Waals surface area contributed by atoms with E-state index in [0.717, 1.165) is 6.42 Å². The number of allylic oxidation sites excluding steroid dienone is 3. The van der Waals surface area contributed by atoms with Gasteiger partial charge in [-0.2, -0.15) is 0 Å². The maximum absolute atomic E-state index is 11.1. The van der Waals surface area contributed by atoms with Crippen LogP contribution in [0.25, 0.3) is 0 Å². The molecule has 0 radical (unpaired) electrons. The lowest BCUT2D eigenvalue weighted by Crippen LogP contribution is -2.28. The molecule has 0 unspecified atom stereocenters. The molecule has 0 saturated heterocycles. The molecule has 2 nitrogen and oxygen atoms in total. The van der Waals surface area contributed by atoms with Gasteiger partial charge in [0.25, 0.3) is 0 Å². The molecule has 2 rings (SSSR count). The van der Waals surface area contributed by atoms with Gasteiger partial charge in [-0.15, -0.1) is 0 Å². The molecule has 0 amide bonds. The molecule has 2 aliphatic carbocycles. The quantitative estimate of drug-likeness (QED) is 0.738. The molecule has 2 heteroatoms. The van der Waals surface area contributed by atoms with E-state index in [9.17, 15) is 4.79 Å². The Morgan fingerprint density at radius 1 is 1.35 bits per heavy atom. The van der Waals surface area contributed by atoms with E-state index in [-0.39, 0.29) is 0 Å². The average Bonchev–Trinajstić information content (AvgIpc) is 2.28. The minimum absolute atomic E-state index is 0.392. The first kappa shape index (κ1) is 12.4. The molecule has 0 heterocycles. The fraction of sp³-hybridized carbons (Fsp3) is 0.667. The van der Waals surface area contributed by atoms with Gasteiger partial charge in [-0.05, 0) is 44.4 Å². The van der Waals surface area contributed by atoms with Crippen molar-refractivity contribution in [3.8, 4) is 0 Å². The van der Waals surface area contributed by atoms with Crippen molar-refractivity contribution in [2.24, 2.45) is 17.8 Å². The summed E-state index contributed by atoms with van der Waals surface area (Å²) in [5.41, 5.74) is 3.66. The van der Waals surface area contributed by atoms with Crippen LogP contribution in [0.3, 0.4) is 0 Å². The molecule has 0 saturated carbocycles. The highest BCUT2D eigenvalue weighted by molar-refractivity contribution is 5.87. The molecule has 0 aromatic rings. The monoisotopic (exact) mass is 234 g/mol. The molecule has 2 aliphatic rings. The summed E-state index contributed by atoms with van der Waals surface area (Å²) < 4.78 is 0. The van der Waals surface area contributed by atoms with Gasteiger partial charge >= 0.3 is 5.97 Å². The Morgan fingerprint density at radius 3 is 2.65 bits per heavy atom. The number of rotatable bonds is 2. The third-order valence-electron chi connectivity index (χ3n) is 4.44. The standard InChI is InChI=1S/C15H22O2/c1-9(2)12-6-4-10(3)13-7-5-11(15(16)17)8-14(12)13/h8-9,12,14H,4-7H2,1-3H3,(H,16,17)/t12-,14+/m0/s1. The van der Waals surface area contributed by atoms with E-state index in [1.54, 1.807) is 0 Å². The zero-order valence-electron chi connectivity index (χ0n) is 11.0. The number of hydrogen-bond donors (Lipinski definition) is 1. The fourth-order valence-corrected chi connectivity index (χ4v) is 3.37. The molecule has 0 bridgehead atoms. The first-order valence-corrected chi connectivity index (χ1v) is 6.63. The summed E-state index contributed by atoms with van der Waals surface area (Å²) in [4.78, 5) is 11.1. The molecular weight excluding hydrogens is 212 g/mol. The van der Waals surface area contributed by atoms with Crippen LogP contribution in [-0.4, -0.2) is 11.1 Å². The molecule has 1 N–H and O–H groups in total. The second-order valence-corrected chi connectivity index (χ2v) is 5.77. The predicted octanol–water partition coefficient (Wildman–Crippen LogP) is 3.79. The van der Waals surface area contributed by atoms with Crippen molar-refractivity contribution in [2.45, 2.75) is 46.5 Å². The Kier molecular flexibility index (Phi) is 3.41. The van der Waals surface area contributed by atoms with Gasteiger partial charge in [-0.1, -0.05) is 31.1 Å². The maximum Gasteiger partial charge on any atom is 0.331 e. The minimum atomic E-state index is -0.727. The van der Waals surface area contributed by atoms with Gasteiger partial charge in [-0.25, -0.2) is 4.79 Å². The summed E-state index contributed by atoms with van der Waals surface area (Å²) in [6.07, 6.45) is 6.11. The lowest BCUT2D eigenvalue weighted by atomic mass is 9.67. The second-order valence-electron chi connectivity index (χ2n) is 5.77. The molecule has 0 spiro atoms. The van der Waals surface area contributed by atoms with E-state index in [2.05, 4.69) is 20.8 Å². The third kappa shape index (κ3) is 2.31. The van der Waals surface area contributed by atoms with Crippen molar-refractivity contribution in [1.29, 1.82) is 0 Å². The molecule has 0 aromatic carbocycles. The number of aliphatic carboxylic acids is 1. The highest BCUT2D eigenvalue weighted by Gasteiger charge is 2.33. The lowest BCUT2D eigenvalue weighted by Gasteiger charge is -2.38. The number of carboxylic acid groups (broad SMARTS) is 1. The third-order valence-corrected chi connectivity index (χ3v) is 4.44. The molecular formula is C15H22O2. The van der Waals surface area contributed by atoms with Gasteiger partial charge in [0.15, 0.2) is 0 Å². The van der Waals surface area contributed by atoms with Crippen LogP contribution < -0.4 is 0 Å². The smallest absolute Gasteiger partial charge is 0.331 e. The number of carboxylic acids is 1. The fourth-order valence-electron chi connectivity index (χ4n) is 3.37. The molecule has 2 atom stereocenters. The largest absolute Gasteiger partial charge is 0.478 e. The Bertz CT molecular complexity index is 388. The van der Waals surface area contributed by atoms with E-state index in [1.165, 1.54) is 24.0 Å². The molecule has 0 aromatic heterocycles. The summed E-state index contributed by atoms with van der Waals surface area (Å²) in [7, 11) is 0. The first-order valence-electron chi connectivity index (χ1n) is 6.63. The summed E-state index contributed by atoms with van der Waals surface area (Å²) in [5, 5.41) is 9.13. The van der Waals surface area contributed by atoms with E-state index >= 15 is 0 Å². The summed E-state index contributed by atoms with van der Waals surface area (Å²) in [6.45, 7) is 6.73. The summed E-state index contributed by atoms with van der Waals surface area (Å²) in [5.74, 6) is 0.925. The number of hydrogen-bond acceptors (Lipinski definition) is 1. The molecule has 94 valence electrons. The predicted molar refractivity (Wildman–Crippen MR) is 68.7 cm³/mol. The highest BCUT2D eigenvalue weighted by atomic mass is 16.4. The van der Waals surface area contributed by atoms with Gasteiger partial charge in [0.2, 0.25) is 0 Å². The van der Waals surface area contributed by atoms with Crippen LogP contribution in [0.15, 0.2) is 22.8 Å². The van der Waals surface area contributed by atoms with E-state index in [0.29, 0.717) is 29.7 Å². The van der Waals surface area contributed by atoms with E-state index in [4.69, 9.17) is 5.11 Å². The van der Waals surface area contributed by atoms with Crippen LogP contribution in [0.4, 0.5) is 0 Å². The normalized spacial score (nSPS) is 29.1. The van der Waals surface area contributed by atoms with Crippen LogP contribution in [0, 0.1) is 17.8 Å². The minimum Gasteiger partial charge on any atom is -0.478 e. The van der Waals surface area contributed by atoms with Crippen molar-refractivity contribution >= 4 is 5.97 Å². The second kappa shape index (κ2) is 4.67. The van der Waals surface area contributed by atoms with Crippen molar-refractivity contribution in [1.82, 2.24) is 0 Å². The summed E-state index contributed by atoms with van der Waals surface area (Å²) >= 11 is 0. The number of carbonyl (C=O) groups is 1. The Balaban J connectivity index is 2.36. The van der Waals surface area contributed by atoms with Crippen molar-refractivity contribution < 1.29 is 9.90 Å². The lowest BCUT2D eigenvalue weighted by molar-refractivity contribution is -0.132. The Morgan fingerprint density at radius 2 is 2.06 bits per heavy atom. The van der Waals surface area contributed by atoms with Gasteiger partial charge in [-0.3, -0.25) is 0 Å². The Hall–Kier alpha value is -1.05. The van der Waals surface area contributed by atoms with Gasteiger partial charge in [0, 0.05) is 11.5 Å². The van der Waals surface area contributed by atoms with E-state index in [1.807, 2.05) is 6.08 Å². The van der Waals surface area contributed by atoms with Gasteiger partial charge < -0.3 is 5.11 Å². The molecule has 0 fully saturated rings. The van der Waals surface area contributed by atoms with Crippen LogP contribution in [-0.2, 0) is 4.79 Å². The van der Waals surface area contributed by atoms with Crippen molar-refractivity contribution in [2.75, 3.05) is 0 Å². The van der Waals surface area contributed by atoms with Crippen molar-refractivity contribution in [3.63, 3.8) is 0 Å². The van der Waals surface area contributed by atoms with Gasteiger partial charge in [0.05, 0.1) is 0 Å². The molecule has 17 heavy (non-hydrogen) atoms. The molecule has 0 aliphatic heterocycles. The summed E-state index contributed by atoms with van der Waals surface area (Å²) in [6, 6.07) is 0. The van der Waals surface area contributed by atoms with Crippen LogP contribution in [0.1, 0.15) is 46.5 Å². The van der Waals surface area contributed by atoms with Crippen LogP contribution >= 0.6 is 0 Å². The van der Waals surface area contributed by atoms with Crippen LogP contribution in [0.2, 0.25) is 0 Å². The van der Waals surface area contributed by atoms with Crippen LogP contribution in [0.5, 0.6) is 0 Å². The highest BCUT2D eigenvalue weighted by Crippen LogP contribution is 2.44. The zero-order valence-corrected chi connectivity index (χ0v) is 11.0.